The van der Waals surface area contributed by atoms with Crippen molar-refractivity contribution in [2.75, 3.05) is 19.6 Å². The van der Waals surface area contributed by atoms with Gasteiger partial charge in [0.05, 0.1) is 11.4 Å². The molecule has 1 unspecified atom stereocenters. The van der Waals surface area contributed by atoms with Crippen LogP contribution >= 0.6 is 11.3 Å². The van der Waals surface area contributed by atoms with E-state index in [2.05, 4.69) is 35.8 Å². The fourth-order valence-corrected chi connectivity index (χ4v) is 2.98. The van der Waals surface area contributed by atoms with Gasteiger partial charge in [-0.15, -0.1) is 11.3 Å². The van der Waals surface area contributed by atoms with Crippen molar-refractivity contribution < 1.29 is 0 Å². The number of nitrogens with two attached hydrogens (primary N) is 1. The highest BCUT2D eigenvalue weighted by Gasteiger charge is 2.18. The number of rotatable bonds is 2. The lowest BCUT2D eigenvalue weighted by atomic mass is 10.2. The molecule has 2 nitrogen and oxygen atoms in total. The second kappa shape index (κ2) is 5.49. The van der Waals surface area contributed by atoms with Crippen molar-refractivity contribution in [1.82, 2.24) is 4.90 Å². The van der Waals surface area contributed by atoms with Crippen LogP contribution in [0.5, 0.6) is 0 Å². The second-order valence-electron chi connectivity index (χ2n) is 4.40. The summed E-state index contributed by atoms with van der Waals surface area (Å²) in [6.07, 6.45) is 1.34. The zero-order chi connectivity index (χ0) is 11.4. The lowest BCUT2D eigenvalue weighted by Crippen LogP contribution is -2.18. The summed E-state index contributed by atoms with van der Waals surface area (Å²) < 4.78 is 0. The molecule has 1 aromatic heterocycles. The third-order valence-electron chi connectivity index (χ3n) is 2.86. The van der Waals surface area contributed by atoms with Gasteiger partial charge in [0.2, 0.25) is 0 Å². The molecule has 1 fully saturated rings. The van der Waals surface area contributed by atoms with Crippen LogP contribution in [-0.4, -0.2) is 24.5 Å². The van der Waals surface area contributed by atoms with Gasteiger partial charge in [-0.05, 0) is 31.0 Å². The van der Waals surface area contributed by atoms with Crippen molar-refractivity contribution in [3.05, 3.63) is 21.9 Å². The molecule has 0 amide bonds. The summed E-state index contributed by atoms with van der Waals surface area (Å²) in [5.74, 6) is 6.83. The SMILES string of the molecule is CC1CCN(Cc2ccc(C#CCN)s2)C1. The average Bonchev–Trinajstić information content (AvgIpc) is 2.86. The van der Waals surface area contributed by atoms with Gasteiger partial charge >= 0.3 is 0 Å². The number of likely N-dealkylation sites (tertiary alicyclic amines) is 1. The maximum Gasteiger partial charge on any atom is 0.0772 e. The molecule has 86 valence electrons. The van der Waals surface area contributed by atoms with E-state index in [1.165, 1.54) is 24.4 Å². The van der Waals surface area contributed by atoms with Gasteiger partial charge in [-0.2, -0.15) is 0 Å². The average molecular weight is 234 g/mol. The Kier molecular flexibility index (Phi) is 4.00. The number of thiophene rings is 1. The van der Waals surface area contributed by atoms with Crippen LogP contribution in [0, 0.1) is 17.8 Å². The Balaban J connectivity index is 1.92. The monoisotopic (exact) mass is 234 g/mol. The van der Waals surface area contributed by atoms with Gasteiger partial charge in [0.15, 0.2) is 0 Å². The Morgan fingerprint density at radius 3 is 3.12 bits per heavy atom. The molecule has 3 heteroatoms. The second-order valence-corrected chi connectivity index (χ2v) is 5.57. The predicted octanol–water partition coefficient (Wildman–Crippen LogP) is 1.90. The summed E-state index contributed by atoms with van der Waals surface area (Å²) in [7, 11) is 0. The Bertz CT molecular complexity index is 400. The van der Waals surface area contributed by atoms with Crippen LogP contribution in [0.25, 0.3) is 0 Å². The molecule has 1 atom stereocenters. The molecule has 2 N–H and O–H groups in total. The standard InChI is InChI=1S/C13H18N2S/c1-11-6-8-15(9-11)10-13-5-4-12(16-13)3-2-7-14/h4-5,11H,6-10,14H2,1H3. The van der Waals surface area contributed by atoms with E-state index in [-0.39, 0.29) is 0 Å². The molecular weight excluding hydrogens is 216 g/mol. The van der Waals surface area contributed by atoms with E-state index < -0.39 is 0 Å². The minimum absolute atomic E-state index is 0.441. The third kappa shape index (κ3) is 3.08. The smallest absolute Gasteiger partial charge is 0.0772 e. The number of nitrogens with zero attached hydrogens (tertiary/aromatic N) is 1. The van der Waals surface area contributed by atoms with Crippen molar-refractivity contribution in [3.8, 4) is 11.8 Å². The minimum atomic E-state index is 0.441. The van der Waals surface area contributed by atoms with Crippen molar-refractivity contribution >= 4 is 11.3 Å². The molecule has 0 bridgehead atoms. The van der Waals surface area contributed by atoms with Crippen LogP contribution in [0.1, 0.15) is 23.1 Å². The van der Waals surface area contributed by atoms with Crippen LogP contribution in [0.3, 0.4) is 0 Å². The molecule has 2 rings (SSSR count). The first kappa shape index (κ1) is 11.7. The lowest BCUT2D eigenvalue weighted by molar-refractivity contribution is 0.323. The summed E-state index contributed by atoms with van der Waals surface area (Å²) >= 11 is 1.79. The predicted molar refractivity (Wildman–Crippen MR) is 69.3 cm³/mol. The summed E-state index contributed by atoms with van der Waals surface area (Å²) in [4.78, 5) is 5.07. The largest absolute Gasteiger partial charge is 0.320 e. The highest BCUT2D eigenvalue weighted by Crippen LogP contribution is 2.22. The van der Waals surface area contributed by atoms with E-state index in [1.807, 2.05) is 0 Å². The molecule has 1 aromatic rings. The van der Waals surface area contributed by atoms with Crippen LogP contribution in [-0.2, 0) is 6.54 Å². The van der Waals surface area contributed by atoms with Gasteiger partial charge in [0, 0.05) is 18.0 Å². The highest BCUT2D eigenvalue weighted by molar-refractivity contribution is 7.12. The molecule has 0 aromatic carbocycles. The molecule has 2 heterocycles. The van der Waals surface area contributed by atoms with Gasteiger partial charge < -0.3 is 5.73 Å². The molecule has 0 radical (unpaired) electrons. The molecule has 1 saturated heterocycles. The quantitative estimate of drug-likeness (QED) is 0.792. The van der Waals surface area contributed by atoms with E-state index in [9.17, 15) is 0 Å². The molecule has 0 aliphatic carbocycles. The zero-order valence-electron chi connectivity index (χ0n) is 9.70. The van der Waals surface area contributed by atoms with Crippen LogP contribution in [0.4, 0.5) is 0 Å². The highest BCUT2D eigenvalue weighted by atomic mass is 32.1. The summed E-state index contributed by atoms with van der Waals surface area (Å²) in [5.41, 5.74) is 5.35. The van der Waals surface area contributed by atoms with Gasteiger partial charge in [-0.1, -0.05) is 18.8 Å². The molecule has 1 aliphatic heterocycles. The van der Waals surface area contributed by atoms with Gasteiger partial charge in [0.25, 0.3) is 0 Å². The summed E-state index contributed by atoms with van der Waals surface area (Å²) in [6.45, 7) is 6.33. The van der Waals surface area contributed by atoms with E-state index in [1.54, 1.807) is 11.3 Å². The van der Waals surface area contributed by atoms with Crippen molar-refractivity contribution in [2.45, 2.75) is 19.9 Å². The van der Waals surface area contributed by atoms with Crippen LogP contribution in [0.15, 0.2) is 12.1 Å². The number of hydrogen-bond acceptors (Lipinski definition) is 3. The molecule has 0 spiro atoms. The van der Waals surface area contributed by atoms with Gasteiger partial charge in [0.1, 0.15) is 0 Å². The Hall–Kier alpha value is -0.820. The van der Waals surface area contributed by atoms with Crippen LogP contribution < -0.4 is 5.73 Å². The Morgan fingerprint density at radius 1 is 1.56 bits per heavy atom. The maximum absolute atomic E-state index is 5.35. The van der Waals surface area contributed by atoms with Crippen LogP contribution in [0.2, 0.25) is 0 Å². The van der Waals surface area contributed by atoms with E-state index in [0.29, 0.717) is 6.54 Å². The summed E-state index contributed by atoms with van der Waals surface area (Å²) in [5, 5.41) is 0. The lowest BCUT2D eigenvalue weighted by Gasteiger charge is -2.13. The Morgan fingerprint density at radius 2 is 2.44 bits per heavy atom. The Labute approximate surface area is 101 Å². The zero-order valence-corrected chi connectivity index (χ0v) is 10.5. The van der Waals surface area contributed by atoms with E-state index in [0.717, 1.165) is 17.3 Å². The first-order valence-corrected chi connectivity index (χ1v) is 6.59. The topological polar surface area (TPSA) is 29.3 Å². The first-order chi connectivity index (χ1) is 7.78. The molecule has 1 aliphatic rings. The fraction of sp³-hybridized carbons (Fsp3) is 0.538. The first-order valence-electron chi connectivity index (χ1n) is 5.78. The summed E-state index contributed by atoms with van der Waals surface area (Å²) in [6, 6.07) is 4.29. The van der Waals surface area contributed by atoms with Gasteiger partial charge in [-0.3, -0.25) is 4.90 Å². The number of hydrogen-bond donors (Lipinski definition) is 1. The van der Waals surface area contributed by atoms with Crippen molar-refractivity contribution in [3.63, 3.8) is 0 Å². The molecule has 16 heavy (non-hydrogen) atoms. The normalized spacial score (nSPS) is 20.8. The van der Waals surface area contributed by atoms with Gasteiger partial charge in [-0.25, -0.2) is 0 Å². The third-order valence-corrected chi connectivity index (χ3v) is 3.85. The minimum Gasteiger partial charge on any atom is -0.320 e. The fourth-order valence-electron chi connectivity index (χ4n) is 2.06. The van der Waals surface area contributed by atoms with Crippen molar-refractivity contribution in [2.24, 2.45) is 11.7 Å². The maximum atomic E-state index is 5.35. The molecular formula is C13H18N2S. The van der Waals surface area contributed by atoms with E-state index in [4.69, 9.17) is 5.73 Å². The van der Waals surface area contributed by atoms with Crippen molar-refractivity contribution in [1.29, 1.82) is 0 Å². The molecule has 0 saturated carbocycles. The van der Waals surface area contributed by atoms with E-state index >= 15 is 0 Å².